The van der Waals surface area contributed by atoms with E-state index in [1.807, 2.05) is 0 Å². The molecule has 0 spiro atoms. The summed E-state index contributed by atoms with van der Waals surface area (Å²) < 4.78 is 0. The van der Waals surface area contributed by atoms with Crippen molar-refractivity contribution >= 4 is 0 Å². The van der Waals surface area contributed by atoms with Crippen LogP contribution in [-0.2, 0) is 12.8 Å². The molecule has 1 heteroatoms. The van der Waals surface area contributed by atoms with Gasteiger partial charge in [-0.2, -0.15) is 0 Å². The molecule has 0 aromatic heterocycles. The highest BCUT2D eigenvalue weighted by Gasteiger charge is 2.29. The molecule has 1 aliphatic rings. The molecule has 0 aliphatic heterocycles. The van der Waals surface area contributed by atoms with E-state index in [1.165, 1.54) is 28.7 Å². The van der Waals surface area contributed by atoms with Gasteiger partial charge in [-0.25, -0.2) is 0 Å². The highest BCUT2D eigenvalue weighted by molar-refractivity contribution is 5.41. The van der Waals surface area contributed by atoms with Crippen LogP contribution in [0.5, 0.6) is 0 Å². The van der Waals surface area contributed by atoms with Crippen molar-refractivity contribution in [1.82, 2.24) is 4.90 Å². The van der Waals surface area contributed by atoms with Gasteiger partial charge in [0.2, 0.25) is 0 Å². The summed E-state index contributed by atoms with van der Waals surface area (Å²) in [5, 5.41) is 0. The van der Waals surface area contributed by atoms with Gasteiger partial charge in [0.25, 0.3) is 0 Å². The van der Waals surface area contributed by atoms with Gasteiger partial charge < -0.3 is 4.90 Å². The fourth-order valence-electron chi connectivity index (χ4n) is 4.27. The van der Waals surface area contributed by atoms with Crippen molar-refractivity contribution < 1.29 is 0 Å². The molecule has 1 aliphatic carbocycles. The third-order valence-electron chi connectivity index (χ3n) is 5.82. The maximum atomic E-state index is 2.57. The Labute approximate surface area is 157 Å². The van der Waals surface area contributed by atoms with Gasteiger partial charge in [-0.15, -0.1) is 0 Å². The number of benzene rings is 3. The second kappa shape index (κ2) is 7.88. The van der Waals surface area contributed by atoms with E-state index in [0.29, 0.717) is 12.0 Å². The van der Waals surface area contributed by atoms with Gasteiger partial charge in [0, 0.05) is 18.5 Å². The van der Waals surface area contributed by atoms with Crippen molar-refractivity contribution in [2.24, 2.45) is 0 Å². The van der Waals surface area contributed by atoms with Gasteiger partial charge in [0.1, 0.15) is 0 Å². The van der Waals surface area contributed by atoms with Crippen LogP contribution in [0, 0.1) is 0 Å². The molecule has 3 aromatic rings. The van der Waals surface area contributed by atoms with Crippen LogP contribution < -0.4 is 0 Å². The van der Waals surface area contributed by atoms with E-state index in [2.05, 4.69) is 96.9 Å². The first-order chi connectivity index (χ1) is 12.8. The second-order valence-corrected chi connectivity index (χ2v) is 7.47. The molecule has 1 nitrogen and oxygen atoms in total. The molecule has 0 amide bonds. The standard InChI is InChI=1S/C25H27N/c1-26(17-16-20-10-4-2-5-11-20)23-18-22-14-8-9-15-24(22)25(19-23)21-12-6-3-7-13-21/h2-15,23,25H,16-19H2,1H3. The predicted octanol–water partition coefficient (Wildman–Crippen LogP) is 5.31. The maximum absolute atomic E-state index is 2.57. The van der Waals surface area contributed by atoms with Crippen LogP contribution in [0.1, 0.15) is 34.6 Å². The average molecular weight is 341 g/mol. The molecule has 2 unspecified atom stereocenters. The third-order valence-corrected chi connectivity index (χ3v) is 5.82. The summed E-state index contributed by atoms with van der Waals surface area (Å²) >= 11 is 0. The minimum absolute atomic E-state index is 0.505. The number of fused-ring (bicyclic) bond motifs is 1. The van der Waals surface area contributed by atoms with Crippen molar-refractivity contribution in [2.45, 2.75) is 31.2 Å². The monoisotopic (exact) mass is 341 g/mol. The summed E-state index contributed by atoms with van der Waals surface area (Å²) in [6.07, 6.45) is 3.47. The molecule has 0 saturated heterocycles. The van der Waals surface area contributed by atoms with E-state index in [0.717, 1.165) is 19.4 Å². The van der Waals surface area contributed by atoms with Gasteiger partial charge in [0.05, 0.1) is 0 Å². The van der Waals surface area contributed by atoms with Crippen LogP contribution in [-0.4, -0.2) is 24.5 Å². The van der Waals surface area contributed by atoms with Gasteiger partial charge in [-0.3, -0.25) is 0 Å². The normalized spacial score (nSPS) is 19.3. The van der Waals surface area contributed by atoms with Gasteiger partial charge in [-0.1, -0.05) is 84.9 Å². The zero-order valence-corrected chi connectivity index (χ0v) is 15.5. The van der Waals surface area contributed by atoms with Crippen molar-refractivity contribution in [3.8, 4) is 0 Å². The second-order valence-electron chi connectivity index (χ2n) is 7.47. The fourth-order valence-corrected chi connectivity index (χ4v) is 4.27. The van der Waals surface area contributed by atoms with Gasteiger partial charge in [0.15, 0.2) is 0 Å². The highest BCUT2D eigenvalue weighted by atomic mass is 15.1. The minimum atomic E-state index is 0.505. The molecule has 26 heavy (non-hydrogen) atoms. The molecule has 4 rings (SSSR count). The Morgan fingerprint density at radius 3 is 2.23 bits per heavy atom. The lowest BCUT2D eigenvalue weighted by Gasteiger charge is -2.37. The van der Waals surface area contributed by atoms with E-state index in [4.69, 9.17) is 0 Å². The Morgan fingerprint density at radius 1 is 0.808 bits per heavy atom. The number of rotatable bonds is 5. The topological polar surface area (TPSA) is 3.24 Å². The van der Waals surface area contributed by atoms with Crippen molar-refractivity contribution in [3.63, 3.8) is 0 Å². The van der Waals surface area contributed by atoms with Crippen molar-refractivity contribution in [3.05, 3.63) is 107 Å². The van der Waals surface area contributed by atoms with E-state index in [1.54, 1.807) is 0 Å². The minimum Gasteiger partial charge on any atom is -0.303 e. The molecule has 3 aromatic carbocycles. The molecule has 0 bridgehead atoms. The molecule has 0 radical (unpaired) electrons. The van der Waals surface area contributed by atoms with Crippen LogP contribution in [0.25, 0.3) is 0 Å². The van der Waals surface area contributed by atoms with E-state index < -0.39 is 0 Å². The van der Waals surface area contributed by atoms with E-state index in [-0.39, 0.29) is 0 Å². The fraction of sp³-hybridized carbons (Fsp3) is 0.280. The Morgan fingerprint density at radius 2 is 1.46 bits per heavy atom. The Hall–Kier alpha value is -2.38. The van der Waals surface area contributed by atoms with E-state index >= 15 is 0 Å². The lowest BCUT2D eigenvalue weighted by Crippen LogP contribution is -2.39. The SMILES string of the molecule is CN(CCc1ccccc1)C1Cc2ccccc2C(c2ccccc2)C1. The zero-order chi connectivity index (χ0) is 17.8. The quantitative estimate of drug-likeness (QED) is 0.608. The molecule has 0 N–H and O–H groups in total. The number of likely N-dealkylation sites (N-methyl/N-ethyl adjacent to an activating group) is 1. The van der Waals surface area contributed by atoms with Gasteiger partial charge in [-0.05, 0) is 48.6 Å². The number of hydrogen-bond acceptors (Lipinski definition) is 1. The number of nitrogens with zero attached hydrogens (tertiary/aromatic N) is 1. The van der Waals surface area contributed by atoms with Crippen LogP contribution in [0.2, 0.25) is 0 Å². The lowest BCUT2D eigenvalue weighted by atomic mass is 9.76. The average Bonchev–Trinajstić information content (AvgIpc) is 2.72. The van der Waals surface area contributed by atoms with E-state index in [9.17, 15) is 0 Å². The summed E-state index contributed by atoms with van der Waals surface area (Å²) in [6.45, 7) is 1.11. The highest BCUT2D eigenvalue weighted by Crippen LogP contribution is 2.38. The molecule has 0 fully saturated rings. The Kier molecular flexibility index (Phi) is 5.17. The van der Waals surface area contributed by atoms with Gasteiger partial charge >= 0.3 is 0 Å². The third kappa shape index (κ3) is 3.73. The summed E-state index contributed by atoms with van der Waals surface area (Å²) in [5.74, 6) is 0.505. The summed E-state index contributed by atoms with van der Waals surface area (Å²) in [7, 11) is 2.30. The van der Waals surface area contributed by atoms with Crippen LogP contribution in [0.3, 0.4) is 0 Å². The Bertz CT molecular complexity index is 825. The lowest BCUT2D eigenvalue weighted by molar-refractivity contribution is 0.217. The number of hydrogen-bond donors (Lipinski definition) is 0. The molecule has 2 atom stereocenters. The molecular formula is C25H27N. The molecule has 0 heterocycles. The predicted molar refractivity (Wildman–Crippen MR) is 110 cm³/mol. The first kappa shape index (κ1) is 17.1. The smallest absolute Gasteiger partial charge is 0.0142 e. The van der Waals surface area contributed by atoms with Crippen molar-refractivity contribution in [1.29, 1.82) is 0 Å². The largest absolute Gasteiger partial charge is 0.303 e. The van der Waals surface area contributed by atoms with Crippen molar-refractivity contribution in [2.75, 3.05) is 13.6 Å². The molecule has 0 saturated carbocycles. The van der Waals surface area contributed by atoms with Crippen LogP contribution in [0.4, 0.5) is 0 Å². The molecular weight excluding hydrogens is 314 g/mol. The van der Waals surface area contributed by atoms with Crippen LogP contribution >= 0.6 is 0 Å². The first-order valence-corrected chi connectivity index (χ1v) is 9.68. The summed E-state index contributed by atoms with van der Waals surface area (Å²) in [4.78, 5) is 2.57. The van der Waals surface area contributed by atoms with Crippen LogP contribution in [0.15, 0.2) is 84.9 Å². The Balaban J connectivity index is 1.53. The first-order valence-electron chi connectivity index (χ1n) is 9.68. The maximum Gasteiger partial charge on any atom is 0.0142 e. The summed E-state index contributed by atoms with van der Waals surface area (Å²) in [6, 6.07) is 31.5. The molecule has 132 valence electrons. The zero-order valence-electron chi connectivity index (χ0n) is 15.5. The summed E-state index contributed by atoms with van der Waals surface area (Å²) in [5.41, 5.74) is 5.91.